The molecule has 0 radical (unpaired) electrons. The quantitative estimate of drug-likeness (QED) is 0.663. The molecular formula is C11H20N4O2. The van der Waals surface area contributed by atoms with Crippen molar-refractivity contribution in [3.63, 3.8) is 0 Å². The largest absolute Gasteiger partial charge is 0.380 e. The fraction of sp³-hybridized carbons (Fsp3) is 0.636. The maximum atomic E-state index is 5.24. The molecule has 17 heavy (non-hydrogen) atoms. The topological polar surface area (TPSA) is 68.3 Å². The molecular weight excluding hydrogens is 220 g/mol. The fourth-order valence-corrected chi connectivity index (χ4v) is 1.31. The molecule has 0 atom stereocenters. The van der Waals surface area contributed by atoms with Crippen LogP contribution >= 0.6 is 0 Å². The normalized spacial score (nSPS) is 10.3. The van der Waals surface area contributed by atoms with E-state index in [0.717, 1.165) is 24.8 Å². The number of methoxy groups -OCH3 is 1. The summed E-state index contributed by atoms with van der Waals surface area (Å²) < 4.78 is 10.3. The minimum Gasteiger partial charge on any atom is -0.380 e. The molecule has 96 valence electrons. The van der Waals surface area contributed by atoms with Gasteiger partial charge in [0, 0.05) is 33.4 Å². The van der Waals surface area contributed by atoms with Crippen LogP contribution in [-0.2, 0) is 16.1 Å². The Morgan fingerprint density at radius 1 is 1.29 bits per heavy atom. The fourth-order valence-electron chi connectivity index (χ4n) is 1.31. The van der Waals surface area contributed by atoms with E-state index in [9.17, 15) is 0 Å². The summed E-state index contributed by atoms with van der Waals surface area (Å²) in [5.74, 6) is 2.19. The second-order valence-corrected chi connectivity index (χ2v) is 3.36. The van der Waals surface area contributed by atoms with Crippen molar-refractivity contribution in [3.05, 3.63) is 11.9 Å². The first-order chi connectivity index (χ1) is 8.30. The number of rotatable bonds is 8. The Kier molecular flexibility index (Phi) is 6.27. The number of aromatic nitrogens is 2. The van der Waals surface area contributed by atoms with E-state index >= 15 is 0 Å². The van der Waals surface area contributed by atoms with Crippen LogP contribution in [0.4, 0.5) is 11.6 Å². The summed E-state index contributed by atoms with van der Waals surface area (Å²) in [6.45, 7) is 4.48. The average Bonchev–Trinajstić information content (AvgIpc) is 2.35. The lowest BCUT2D eigenvalue weighted by atomic mass is 10.4. The van der Waals surface area contributed by atoms with Crippen LogP contribution in [0.3, 0.4) is 0 Å². The van der Waals surface area contributed by atoms with Crippen molar-refractivity contribution in [1.82, 2.24) is 9.97 Å². The number of ether oxygens (including phenoxy) is 2. The Labute approximate surface area is 102 Å². The van der Waals surface area contributed by atoms with Crippen molar-refractivity contribution in [1.29, 1.82) is 0 Å². The molecule has 0 aliphatic carbocycles. The second-order valence-electron chi connectivity index (χ2n) is 3.36. The predicted octanol–water partition coefficient (Wildman–Crippen LogP) is 1.11. The minimum atomic E-state index is 0.398. The van der Waals surface area contributed by atoms with Gasteiger partial charge in [0.15, 0.2) is 5.82 Å². The molecule has 0 saturated carbocycles. The van der Waals surface area contributed by atoms with Crippen LogP contribution in [0.15, 0.2) is 6.07 Å². The third kappa shape index (κ3) is 4.97. The summed E-state index contributed by atoms with van der Waals surface area (Å²) >= 11 is 0. The molecule has 0 bridgehead atoms. The van der Waals surface area contributed by atoms with E-state index in [1.165, 1.54) is 0 Å². The summed E-state index contributed by atoms with van der Waals surface area (Å²) in [4.78, 5) is 8.59. The number of hydrogen-bond donors (Lipinski definition) is 2. The maximum Gasteiger partial charge on any atom is 0.158 e. The third-order valence-corrected chi connectivity index (χ3v) is 2.06. The second kappa shape index (κ2) is 7.81. The van der Waals surface area contributed by atoms with E-state index in [-0.39, 0.29) is 0 Å². The van der Waals surface area contributed by atoms with Crippen LogP contribution in [0.2, 0.25) is 0 Å². The van der Waals surface area contributed by atoms with Crippen molar-refractivity contribution in [2.24, 2.45) is 0 Å². The standard InChI is InChI=1S/C11H20N4O2/c1-4-17-6-5-13-10-7-9(12-2)14-11(15-10)8-16-3/h7H,4-6,8H2,1-3H3,(H2,12,13,14,15). The lowest BCUT2D eigenvalue weighted by molar-refractivity contribution is 0.158. The van der Waals surface area contributed by atoms with Crippen LogP contribution in [-0.4, -0.2) is 43.9 Å². The molecule has 1 heterocycles. The van der Waals surface area contributed by atoms with Gasteiger partial charge in [-0.1, -0.05) is 0 Å². The van der Waals surface area contributed by atoms with Gasteiger partial charge in [-0.3, -0.25) is 0 Å². The number of nitrogens with one attached hydrogen (secondary N) is 2. The summed E-state index contributed by atoms with van der Waals surface area (Å²) in [5.41, 5.74) is 0. The van der Waals surface area contributed by atoms with Gasteiger partial charge in [0.1, 0.15) is 18.2 Å². The highest BCUT2D eigenvalue weighted by Gasteiger charge is 2.03. The van der Waals surface area contributed by atoms with Gasteiger partial charge in [0.2, 0.25) is 0 Å². The first kappa shape index (κ1) is 13.7. The van der Waals surface area contributed by atoms with Gasteiger partial charge in [-0.2, -0.15) is 0 Å². The molecule has 6 nitrogen and oxygen atoms in total. The van der Waals surface area contributed by atoms with E-state index < -0.39 is 0 Å². The number of nitrogens with zero attached hydrogens (tertiary/aromatic N) is 2. The van der Waals surface area contributed by atoms with Gasteiger partial charge >= 0.3 is 0 Å². The van der Waals surface area contributed by atoms with Gasteiger partial charge in [0.25, 0.3) is 0 Å². The molecule has 6 heteroatoms. The third-order valence-electron chi connectivity index (χ3n) is 2.06. The Bertz CT molecular complexity index is 333. The maximum absolute atomic E-state index is 5.24. The van der Waals surface area contributed by atoms with Crippen molar-refractivity contribution in [3.8, 4) is 0 Å². The summed E-state index contributed by atoms with van der Waals surface area (Å²) in [7, 11) is 3.44. The van der Waals surface area contributed by atoms with Gasteiger partial charge in [-0.05, 0) is 6.92 Å². The van der Waals surface area contributed by atoms with Gasteiger partial charge < -0.3 is 20.1 Å². The van der Waals surface area contributed by atoms with E-state index in [4.69, 9.17) is 9.47 Å². The molecule has 1 aromatic heterocycles. The van der Waals surface area contributed by atoms with Crippen LogP contribution in [0.25, 0.3) is 0 Å². The summed E-state index contributed by atoms with van der Waals surface area (Å²) in [6, 6.07) is 1.85. The zero-order chi connectivity index (χ0) is 12.5. The first-order valence-corrected chi connectivity index (χ1v) is 5.66. The Morgan fingerprint density at radius 2 is 2.06 bits per heavy atom. The van der Waals surface area contributed by atoms with Crippen LogP contribution in [0.1, 0.15) is 12.7 Å². The van der Waals surface area contributed by atoms with Crippen LogP contribution < -0.4 is 10.6 Å². The molecule has 0 unspecified atom stereocenters. The highest BCUT2D eigenvalue weighted by molar-refractivity contribution is 5.47. The molecule has 0 aliphatic rings. The predicted molar refractivity (Wildman–Crippen MR) is 67.3 cm³/mol. The van der Waals surface area contributed by atoms with Crippen molar-refractivity contribution >= 4 is 11.6 Å². The van der Waals surface area contributed by atoms with Gasteiger partial charge in [0.05, 0.1) is 6.61 Å². The molecule has 0 saturated heterocycles. The van der Waals surface area contributed by atoms with E-state index in [1.807, 2.05) is 20.0 Å². The van der Waals surface area contributed by atoms with Crippen LogP contribution in [0, 0.1) is 0 Å². The lowest BCUT2D eigenvalue weighted by Gasteiger charge is -2.09. The SMILES string of the molecule is CCOCCNc1cc(NC)nc(COC)n1. The monoisotopic (exact) mass is 240 g/mol. The minimum absolute atomic E-state index is 0.398. The van der Waals surface area contributed by atoms with E-state index in [0.29, 0.717) is 19.0 Å². The molecule has 0 fully saturated rings. The molecule has 1 aromatic rings. The molecule has 2 N–H and O–H groups in total. The van der Waals surface area contributed by atoms with Gasteiger partial charge in [-0.25, -0.2) is 9.97 Å². The summed E-state index contributed by atoms with van der Waals surface area (Å²) in [6.07, 6.45) is 0. The smallest absolute Gasteiger partial charge is 0.158 e. The van der Waals surface area contributed by atoms with E-state index in [1.54, 1.807) is 7.11 Å². The Balaban J connectivity index is 2.59. The Morgan fingerprint density at radius 3 is 2.71 bits per heavy atom. The molecule has 0 amide bonds. The van der Waals surface area contributed by atoms with Crippen molar-refractivity contribution in [2.45, 2.75) is 13.5 Å². The van der Waals surface area contributed by atoms with Crippen LogP contribution in [0.5, 0.6) is 0 Å². The van der Waals surface area contributed by atoms with Gasteiger partial charge in [-0.15, -0.1) is 0 Å². The Hall–Kier alpha value is -1.40. The zero-order valence-electron chi connectivity index (χ0n) is 10.6. The van der Waals surface area contributed by atoms with Crippen molar-refractivity contribution in [2.75, 3.05) is 44.5 Å². The molecule has 0 spiro atoms. The van der Waals surface area contributed by atoms with E-state index in [2.05, 4.69) is 20.6 Å². The zero-order valence-corrected chi connectivity index (χ0v) is 10.6. The molecule has 0 aromatic carbocycles. The van der Waals surface area contributed by atoms with Crippen molar-refractivity contribution < 1.29 is 9.47 Å². The first-order valence-electron chi connectivity index (χ1n) is 5.66. The molecule has 1 rings (SSSR count). The highest BCUT2D eigenvalue weighted by Crippen LogP contribution is 2.11. The molecule has 0 aliphatic heterocycles. The lowest BCUT2D eigenvalue weighted by Crippen LogP contribution is -2.12. The number of hydrogen-bond acceptors (Lipinski definition) is 6. The summed E-state index contributed by atoms with van der Waals surface area (Å²) in [5, 5.41) is 6.17. The average molecular weight is 240 g/mol. The number of anilines is 2. The highest BCUT2D eigenvalue weighted by atomic mass is 16.5.